The van der Waals surface area contributed by atoms with Crippen LogP contribution in [-0.4, -0.2) is 17.9 Å². The highest BCUT2D eigenvalue weighted by Gasteiger charge is 2.07. The van der Waals surface area contributed by atoms with E-state index in [-0.39, 0.29) is 11.7 Å². The molecule has 1 N–H and O–H groups in total. The van der Waals surface area contributed by atoms with Crippen LogP contribution in [0.25, 0.3) is 10.8 Å². The molecule has 8 heteroatoms. The van der Waals surface area contributed by atoms with Crippen LogP contribution in [0.15, 0.2) is 93.3 Å². The van der Waals surface area contributed by atoms with Gasteiger partial charge in [-0.15, -0.1) is 11.8 Å². The lowest BCUT2D eigenvalue weighted by Gasteiger charge is -2.10. The lowest BCUT2D eigenvalue weighted by atomic mass is 10.1. The van der Waals surface area contributed by atoms with Crippen LogP contribution in [0.5, 0.6) is 5.75 Å². The van der Waals surface area contributed by atoms with E-state index in [4.69, 9.17) is 27.9 Å². The number of nitrogens with zero attached hydrogens (tertiary/aromatic N) is 1. The van der Waals surface area contributed by atoms with E-state index in [9.17, 15) is 4.79 Å². The molecule has 0 aliphatic heterocycles. The highest BCUT2D eigenvalue weighted by Crippen LogP contribution is 2.28. The maximum Gasteiger partial charge on any atom is 0.250 e. The molecule has 0 heterocycles. The van der Waals surface area contributed by atoms with Crippen LogP contribution in [0.1, 0.15) is 11.1 Å². The highest BCUT2D eigenvalue weighted by molar-refractivity contribution is 9.10. The summed E-state index contributed by atoms with van der Waals surface area (Å²) in [5, 5.41) is 7.37. The number of hydrazone groups is 1. The van der Waals surface area contributed by atoms with E-state index in [1.165, 1.54) is 11.8 Å². The molecule has 4 nitrogen and oxygen atoms in total. The maximum absolute atomic E-state index is 12.4. The first-order valence-corrected chi connectivity index (χ1v) is 12.8. The van der Waals surface area contributed by atoms with Gasteiger partial charge in [-0.1, -0.05) is 81.6 Å². The number of carbonyl (C=O) groups excluding carboxylic acids is 1. The minimum Gasteiger partial charge on any atom is -0.488 e. The molecule has 4 aromatic rings. The lowest BCUT2D eigenvalue weighted by molar-refractivity contribution is -0.118. The summed E-state index contributed by atoms with van der Waals surface area (Å²) in [5.74, 6) is 0.685. The Kier molecular flexibility index (Phi) is 8.51. The number of ether oxygens (including phenoxy) is 1. The zero-order chi connectivity index (χ0) is 23.9. The smallest absolute Gasteiger partial charge is 0.250 e. The minimum absolute atomic E-state index is 0.192. The first kappa shape index (κ1) is 24.6. The van der Waals surface area contributed by atoms with E-state index in [0.29, 0.717) is 22.4 Å². The standard InChI is InChI=1S/C26H19BrCl2N2O2S/c27-20-9-11-24(33-15-17-8-10-22(28)23(29)12-17)19(13-20)14-30-31-26(32)16-34-25-7-3-5-18-4-1-2-6-21(18)25/h1-14H,15-16H2,(H,31,32)/b30-14+. The fraction of sp³-hybridized carbons (Fsp3) is 0.0769. The third-order valence-electron chi connectivity index (χ3n) is 4.85. The summed E-state index contributed by atoms with van der Waals surface area (Å²) >= 11 is 17.0. The molecule has 0 aromatic heterocycles. The van der Waals surface area contributed by atoms with Crippen LogP contribution in [0.2, 0.25) is 10.0 Å². The molecule has 4 rings (SSSR count). The Morgan fingerprint density at radius 3 is 2.68 bits per heavy atom. The van der Waals surface area contributed by atoms with E-state index < -0.39 is 0 Å². The van der Waals surface area contributed by atoms with Crippen molar-refractivity contribution in [2.24, 2.45) is 5.10 Å². The monoisotopic (exact) mass is 572 g/mol. The van der Waals surface area contributed by atoms with Gasteiger partial charge < -0.3 is 4.74 Å². The molecule has 34 heavy (non-hydrogen) atoms. The molecule has 0 aliphatic rings. The maximum atomic E-state index is 12.4. The second-order valence-electron chi connectivity index (χ2n) is 7.28. The summed E-state index contributed by atoms with van der Waals surface area (Å²) in [5.41, 5.74) is 4.20. The van der Waals surface area contributed by atoms with E-state index >= 15 is 0 Å². The number of rotatable bonds is 8. The van der Waals surface area contributed by atoms with Gasteiger partial charge in [0, 0.05) is 14.9 Å². The summed E-state index contributed by atoms with van der Waals surface area (Å²) in [4.78, 5) is 13.4. The number of fused-ring (bicyclic) bond motifs is 1. The van der Waals surface area contributed by atoms with Crippen molar-refractivity contribution >= 4 is 73.8 Å². The van der Waals surface area contributed by atoms with Crippen molar-refractivity contribution in [3.05, 3.63) is 105 Å². The second-order valence-corrected chi connectivity index (χ2v) is 10.0. The minimum atomic E-state index is -0.192. The summed E-state index contributed by atoms with van der Waals surface area (Å²) < 4.78 is 6.82. The molecule has 0 atom stereocenters. The first-order valence-electron chi connectivity index (χ1n) is 10.3. The summed E-state index contributed by atoms with van der Waals surface area (Å²) in [7, 11) is 0. The second kappa shape index (κ2) is 11.8. The number of carbonyl (C=O) groups is 1. The highest BCUT2D eigenvalue weighted by atomic mass is 79.9. The van der Waals surface area contributed by atoms with Gasteiger partial charge in [0.2, 0.25) is 5.91 Å². The SMILES string of the molecule is O=C(CSc1cccc2ccccc12)N/N=C/c1cc(Br)ccc1OCc1ccc(Cl)c(Cl)c1. The van der Waals surface area contributed by atoms with Crippen LogP contribution in [-0.2, 0) is 11.4 Å². The molecule has 0 radical (unpaired) electrons. The third kappa shape index (κ3) is 6.54. The first-order chi connectivity index (χ1) is 16.5. The Morgan fingerprint density at radius 2 is 1.82 bits per heavy atom. The third-order valence-corrected chi connectivity index (χ3v) is 7.16. The van der Waals surface area contributed by atoms with Crippen LogP contribution in [0, 0.1) is 0 Å². The van der Waals surface area contributed by atoms with Crippen LogP contribution >= 0.6 is 50.9 Å². The number of amides is 1. The molecule has 0 bridgehead atoms. The molecule has 4 aromatic carbocycles. The Hall–Kier alpha value is -2.51. The predicted molar refractivity (Wildman–Crippen MR) is 145 cm³/mol. The fourth-order valence-electron chi connectivity index (χ4n) is 3.21. The predicted octanol–water partition coefficient (Wildman–Crippen LogP) is 7.73. The molecule has 0 saturated heterocycles. The van der Waals surface area contributed by atoms with Crippen molar-refractivity contribution in [3.8, 4) is 5.75 Å². The van der Waals surface area contributed by atoms with E-state index in [0.717, 1.165) is 31.3 Å². The number of hydrogen-bond acceptors (Lipinski definition) is 4. The van der Waals surface area contributed by atoms with Gasteiger partial charge in [0.1, 0.15) is 12.4 Å². The largest absolute Gasteiger partial charge is 0.488 e. The van der Waals surface area contributed by atoms with Crippen LogP contribution in [0.4, 0.5) is 0 Å². The fourth-order valence-corrected chi connectivity index (χ4v) is 4.78. The normalized spacial score (nSPS) is 11.1. The lowest BCUT2D eigenvalue weighted by Crippen LogP contribution is -2.19. The van der Waals surface area contributed by atoms with Crippen molar-refractivity contribution in [2.75, 3.05) is 5.75 Å². The molecule has 0 saturated carbocycles. The van der Waals surface area contributed by atoms with Crippen LogP contribution in [0.3, 0.4) is 0 Å². The molecule has 0 fully saturated rings. The molecular formula is C26H19BrCl2N2O2S. The summed E-state index contributed by atoms with van der Waals surface area (Å²) in [6, 6.07) is 25.1. The summed E-state index contributed by atoms with van der Waals surface area (Å²) in [6.07, 6.45) is 1.56. The Labute approximate surface area is 220 Å². The zero-order valence-corrected chi connectivity index (χ0v) is 21.7. The number of hydrogen-bond donors (Lipinski definition) is 1. The van der Waals surface area contributed by atoms with E-state index in [1.54, 1.807) is 18.3 Å². The molecular weight excluding hydrogens is 555 g/mol. The number of halogens is 3. The van der Waals surface area contributed by atoms with Gasteiger partial charge >= 0.3 is 0 Å². The van der Waals surface area contributed by atoms with Crippen molar-refractivity contribution in [1.29, 1.82) is 0 Å². The average molecular weight is 574 g/mol. The Morgan fingerprint density at radius 1 is 1.00 bits per heavy atom. The van der Waals surface area contributed by atoms with Crippen molar-refractivity contribution in [2.45, 2.75) is 11.5 Å². The van der Waals surface area contributed by atoms with E-state index in [1.807, 2.05) is 48.5 Å². The Balaban J connectivity index is 1.36. The van der Waals surface area contributed by atoms with Gasteiger partial charge in [-0.3, -0.25) is 4.79 Å². The molecule has 0 unspecified atom stereocenters. The topological polar surface area (TPSA) is 50.7 Å². The molecule has 0 spiro atoms. The molecule has 172 valence electrons. The zero-order valence-electron chi connectivity index (χ0n) is 17.8. The quantitative estimate of drug-likeness (QED) is 0.133. The molecule has 0 aliphatic carbocycles. The van der Waals surface area contributed by atoms with Gasteiger partial charge in [0.05, 0.1) is 22.0 Å². The summed E-state index contributed by atoms with van der Waals surface area (Å²) in [6.45, 7) is 0.313. The van der Waals surface area contributed by atoms with Gasteiger partial charge in [-0.2, -0.15) is 5.10 Å². The molecule has 1 amide bonds. The Bertz CT molecular complexity index is 1360. The van der Waals surface area contributed by atoms with Gasteiger partial charge in [-0.25, -0.2) is 5.43 Å². The number of nitrogens with one attached hydrogen (secondary N) is 1. The van der Waals surface area contributed by atoms with Gasteiger partial charge in [0.25, 0.3) is 0 Å². The van der Waals surface area contributed by atoms with Gasteiger partial charge in [0.15, 0.2) is 0 Å². The number of thioether (sulfide) groups is 1. The van der Waals surface area contributed by atoms with Crippen LogP contribution < -0.4 is 10.2 Å². The van der Waals surface area contributed by atoms with E-state index in [2.05, 4.69) is 44.7 Å². The van der Waals surface area contributed by atoms with Crippen molar-refractivity contribution in [3.63, 3.8) is 0 Å². The number of benzene rings is 4. The van der Waals surface area contributed by atoms with Crippen molar-refractivity contribution < 1.29 is 9.53 Å². The van der Waals surface area contributed by atoms with Crippen molar-refractivity contribution in [1.82, 2.24) is 5.43 Å². The van der Waals surface area contributed by atoms with Gasteiger partial charge in [-0.05, 0) is 52.7 Å². The average Bonchev–Trinajstić information content (AvgIpc) is 2.84.